The molecule has 0 saturated carbocycles. The largest absolute Gasteiger partial charge is 0.451 e. The molecule has 0 aromatic carbocycles. The lowest BCUT2D eigenvalue weighted by atomic mass is 9.92. The smallest absolute Gasteiger partial charge is 0.356 e. The molecule has 0 radical (unpaired) electrons. The van der Waals surface area contributed by atoms with Crippen LogP contribution in [-0.2, 0) is 16.3 Å². The Balaban J connectivity index is 1.44. The summed E-state index contributed by atoms with van der Waals surface area (Å²) in [7, 11) is -4.11. The number of halogens is 3. The lowest BCUT2D eigenvalue weighted by Gasteiger charge is -2.33. The molecule has 192 valence electrons. The number of piperidine rings is 1. The van der Waals surface area contributed by atoms with E-state index in [0.29, 0.717) is 50.3 Å². The molecule has 1 aromatic rings. The maximum Gasteiger partial charge on any atom is 0.451 e. The fourth-order valence-electron chi connectivity index (χ4n) is 4.22. The Bertz CT molecular complexity index is 933. The third-order valence-corrected chi connectivity index (χ3v) is 6.76. The second-order valence-corrected chi connectivity index (χ2v) is 10.2. The van der Waals surface area contributed by atoms with Crippen LogP contribution in [0.3, 0.4) is 0 Å². The van der Waals surface area contributed by atoms with Crippen LogP contribution in [0.5, 0.6) is 0 Å². The van der Waals surface area contributed by atoms with E-state index in [-0.39, 0.29) is 6.54 Å². The number of anilines is 2. The monoisotopic (exact) mass is 508 g/mol. The van der Waals surface area contributed by atoms with Crippen LogP contribution in [0.1, 0.15) is 44.3 Å². The normalized spacial score (nSPS) is 17.8. The molecule has 0 spiro atoms. The van der Waals surface area contributed by atoms with E-state index in [9.17, 15) is 26.4 Å². The molecule has 2 aliphatic rings. The summed E-state index contributed by atoms with van der Waals surface area (Å²) in [6.07, 6.45) is 0.474. The number of urea groups is 1. The van der Waals surface area contributed by atoms with Crippen molar-refractivity contribution in [3.63, 3.8) is 0 Å². The topological polar surface area (TPSA) is 128 Å². The Hall–Kier alpha value is -2.35. The summed E-state index contributed by atoms with van der Waals surface area (Å²) in [4.78, 5) is 22.9. The molecule has 3 heterocycles. The Labute approximate surface area is 197 Å². The zero-order valence-electron chi connectivity index (χ0n) is 18.9. The van der Waals surface area contributed by atoms with Crippen LogP contribution in [0.15, 0.2) is 6.07 Å². The van der Waals surface area contributed by atoms with E-state index < -0.39 is 33.9 Å². The van der Waals surface area contributed by atoms with Crippen molar-refractivity contribution in [1.29, 1.82) is 0 Å². The van der Waals surface area contributed by atoms with Gasteiger partial charge in [0.1, 0.15) is 11.6 Å². The van der Waals surface area contributed by atoms with E-state index in [1.807, 2.05) is 9.80 Å². The summed E-state index contributed by atoms with van der Waals surface area (Å²) in [5.74, 6) is -0.614. The number of carbonyl (C=O) groups is 1. The predicted octanol–water partition coefficient (Wildman–Crippen LogP) is 2.28. The van der Waals surface area contributed by atoms with Crippen molar-refractivity contribution >= 4 is 27.8 Å². The number of nitrogens with zero attached hydrogens (tertiary/aromatic N) is 4. The van der Waals surface area contributed by atoms with Crippen molar-refractivity contribution < 1.29 is 30.9 Å². The van der Waals surface area contributed by atoms with Crippen molar-refractivity contribution in [3.05, 3.63) is 11.9 Å². The maximum absolute atomic E-state index is 13.4. The van der Waals surface area contributed by atoms with Crippen molar-refractivity contribution in [2.75, 3.05) is 54.8 Å². The number of rotatable bonds is 9. The first-order valence-electron chi connectivity index (χ1n) is 11.4. The number of hydrogen-bond donors (Lipinski definition) is 3. The highest BCUT2D eigenvalue weighted by atomic mass is 32.2. The Morgan fingerprint density at radius 2 is 1.59 bits per heavy atom. The zero-order chi connectivity index (χ0) is 24.8. The number of carbonyl (C=O) groups excluding carboxylic acids is 1. The molecule has 14 heteroatoms. The van der Waals surface area contributed by atoms with Crippen molar-refractivity contribution in [2.24, 2.45) is 5.92 Å². The number of nitrogens with one attached hydrogen (secondary N) is 2. The molecule has 2 fully saturated rings. The van der Waals surface area contributed by atoms with Gasteiger partial charge in [-0.1, -0.05) is 0 Å². The highest BCUT2D eigenvalue weighted by Gasteiger charge is 2.37. The summed E-state index contributed by atoms with van der Waals surface area (Å²) in [6.45, 7) is 2.83. The number of alkyl halides is 3. The summed E-state index contributed by atoms with van der Waals surface area (Å²) in [5.41, 5.74) is 0. The highest BCUT2D eigenvalue weighted by Crippen LogP contribution is 2.33. The quantitative estimate of drug-likeness (QED) is 0.343. The van der Waals surface area contributed by atoms with Gasteiger partial charge in [0.25, 0.3) is 10.1 Å². The first-order valence-corrected chi connectivity index (χ1v) is 13.1. The summed E-state index contributed by atoms with van der Waals surface area (Å²) in [5, 5.41) is 4.98. The van der Waals surface area contributed by atoms with Gasteiger partial charge in [-0.15, -0.1) is 0 Å². The van der Waals surface area contributed by atoms with E-state index in [2.05, 4.69) is 20.6 Å². The standard InChI is InChI=1S/C20H31F3N6O4S/c21-20(22,23)18-26-16(28-9-1-2-10-28)14-17(27-18)29-11-5-15(6-12-29)4-3-7-24-19(30)25-8-13-34(31,32)33/h14-15H,1-13H2,(H2,24,25,30)(H,31,32,33). The second-order valence-electron chi connectivity index (χ2n) is 8.64. The Morgan fingerprint density at radius 1 is 1.03 bits per heavy atom. The molecule has 3 N–H and O–H groups in total. The molecule has 34 heavy (non-hydrogen) atoms. The van der Waals surface area contributed by atoms with E-state index in [1.165, 1.54) is 0 Å². The molecule has 2 saturated heterocycles. The van der Waals surface area contributed by atoms with Gasteiger partial charge in [0.05, 0.1) is 5.75 Å². The lowest BCUT2D eigenvalue weighted by Crippen LogP contribution is -2.38. The van der Waals surface area contributed by atoms with E-state index in [4.69, 9.17) is 4.55 Å². The summed E-state index contributed by atoms with van der Waals surface area (Å²) < 4.78 is 70.0. The molecule has 2 aliphatic heterocycles. The first kappa shape index (κ1) is 26.3. The molecular weight excluding hydrogens is 477 g/mol. The summed E-state index contributed by atoms with van der Waals surface area (Å²) in [6, 6.07) is 1.15. The minimum atomic E-state index is -4.60. The average Bonchev–Trinajstić information content (AvgIpc) is 3.30. The van der Waals surface area contributed by atoms with Gasteiger partial charge in [-0.25, -0.2) is 14.8 Å². The zero-order valence-corrected chi connectivity index (χ0v) is 19.7. The SMILES string of the molecule is O=C(NCCCC1CCN(c2cc(N3CCCC3)nc(C(F)(F)F)n2)CC1)NCCS(=O)(=O)O. The van der Waals surface area contributed by atoms with Gasteiger partial charge in [-0.3, -0.25) is 4.55 Å². The van der Waals surface area contributed by atoms with Crippen molar-refractivity contribution in [2.45, 2.75) is 44.7 Å². The Morgan fingerprint density at radius 3 is 2.15 bits per heavy atom. The van der Waals surface area contributed by atoms with Crippen LogP contribution in [-0.4, -0.2) is 74.0 Å². The van der Waals surface area contributed by atoms with Gasteiger partial charge < -0.3 is 20.4 Å². The van der Waals surface area contributed by atoms with Crippen LogP contribution >= 0.6 is 0 Å². The molecule has 10 nitrogen and oxygen atoms in total. The molecule has 0 bridgehead atoms. The van der Waals surface area contributed by atoms with Gasteiger partial charge >= 0.3 is 12.2 Å². The molecule has 3 rings (SSSR count). The minimum absolute atomic E-state index is 0.179. The van der Waals surface area contributed by atoms with Crippen LogP contribution < -0.4 is 20.4 Å². The molecule has 0 aliphatic carbocycles. The van der Waals surface area contributed by atoms with Crippen LogP contribution in [0.4, 0.5) is 29.6 Å². The Kier molecular flexibility index (Phi) is 8.79. The predicted molar refractivity (Wildman–Crippen MR) is 120 cm³/mol. The molecule has 2 amide bonds. The molecule has 0 unspecified atom stereocenters. The fraction of sp³-hybridized carbons (Fsp3) is 0.750. The van der Waals surface area contributed by atoms with Crippen LogP contribution in [0.2, 0.25) is 0 Å². The summed E-state index contributed by atoms with van der Waals surface area (Å²) >= 11 is 0. The third kappa shape index (κ3) is 8.15. The van der Waals surface area contributed by atoms with E-state index in [0.717, 1.165) is 38.5 Å². The van der Waals surface area contributed by atoms with Crippen molar-refractivity contribution in [1.82, 2.24) is 20.6 Å². The maximum atomic E-state index is 13.4. The minimum Gasteiger partial charge on any atom is -0.356 e. The number of hydrogen-bond acceptors (Lipinski definition) is 7. The van der Waals surface area contributed by atoms with Crippen LogP contribution in [0.25, 0.3) is 0 Å². The van der Waals surface area contributed by atoms with E-state index in [1.54, 1.807) is 6.07 Å². The third-order valence-electron chi connectivity index (χ3n) is 6.04. The average molecular weight is 509 g/mol. The molecule has 1 aromatic heterocycles. The highest BCUT2D eigenvalue weighted by molar-refractivity contribution is 7.85. The molecular formula is C20H31F3N6O4S. The van der Waals surface area contributed by atoms with Gasteiger partial charge in [-0.2, -0.15) is 21.6 Å². The number of amides is 2. The van der Waals surface area contributed by atoms with Gasteiger partial charge in [0, 0.05) is 45.3 Å². The van der Waals surface area contributed by atoms with Crippen molar-refractivity contribution in [3.8, 4) is 0 Å². The first-order chi connectivity index (χ1) is 16.0. The number of aromatic nitrogens is 2. The van der Waals surface area contributed by atoms with E-state index >= 15 is 0 Å². The molecule has 0 atom stereocenters. The van der Waals surface area contributed by atoms with Crippen LogP contribution in [0, 0.1) is 5.92 Å². The second kappa shape index (κ2) is 11.4. The fourth-order valence-corrected chi connectivity index (χ4v) is 4.58. The van der Waals surface area contributed by atoms with Gasteiger partial charge in [-0.05, 0) is 44.4 Å². The lowest BCUT2D eigenvalue weighted by molar-refractivity contribution is -0.144. The van der Waals surface area contributed by atoms with Gasteiger partial charge in [0.2, 0.25) is 5.82 Å². The van der Waals surface area contributed by atoms with Gasteiger partial charge in [0.15, 0.2) is 0 Å².